The van der Waals surface area contributed by atoms with Gasteiger partial charge in [0.05, 0.1) is 12.8 Å². The zero-order chi connectivity index (χ0) is 15.9. The number of anilines is 1. The van der Waals surface area contributed by atoms with Crippen LogP contribution in [0.5, 0.6) is 5.75 Å². The van der Waals surface area contributed by atoms with Gasteiger partial charge in [-0.25, -0.2) is 4.79 Å². The van der Waals surface area contributed by atoms with E-state index in [0.717, 1.165) is 30.0 Å². The maximum absolute atomic E-state index is 12.4. The monoisotopic (exact) mass is 301 g/mol. The molecule has 0 radical (unpaired) electrons. The van der Waals surface area contributed by atoms with Crippen LogP contribution >= 0.6 is 0 Å². The minimum absolute atomic E-state index is 0.0223. The summed E-state index contributed by atoms with van der Waals surface area (Å²) in [7, 11) is 1.67. The quantitative estimate of drug-likeness (QED) is 0.883. The fourth-order valence-electron chi connectivity index (χ4n) is 3.12. The summed E-state index contributed by atoms with van der Waals surface area (Å²) < 4.78 is 5.47. The van der Waals surface area contributed by atoms with Crippen molar-refractivity contribution in [1.82, 2.24) is 10.2 Å². The Kier molecular flexibility index (Phi) is 3.72. The van der Waals surface area contributed by atoms with Gasteiger partial charge in [0.2, 0.25) is 0 Å². The molecule has 2 amide bonds. The summed E-state index contributed by atoms with van der Waals surface area (Å²) in [6, 6.07) is 4.14. The van der Waals surface area contributed by atoms with Crippen molar-refractivity contribution in [3.8, 4) is 5.75 Å². The number of urea groups is 1. The third-order valence-corrected chi connectivity index (χ3v) is 4.23. The maximum Gasteiger partial charge on any atom is 0.319 e. The van der Waals surface area contributed by atoms with E-state index in [2.05, 4.69) is 29.7 Å². The molecule has 1 aromatic carbocycles. The Morgan fingerprint density at radius 2 is 2.23 bits per heavy atom. The predicted molar refractivity (Wildman–Crippen MR) is 88.1 cm³/mol. The van der Waals surface area contributed by atoms with Crippen LogP contribution in [0.25, 0.3) is 6.08 Å². The second-order valence-electron chi connectivity index (χ2n) is 6.19. The smallest absolute Gasteiger partial charge is 0.319 e. The van der Waals surface area contributed by atoms with Crippen molar-refractivity contribution in [3.05, 3.63) is 28.8 Å². The molecule has 0 spiro atoms. The molecule has 5 nitrogen and oxygen atoms in total. The average Bonchev–Trinajstić information content (AvgIpc) is 2.88. The number of carbonyl (C=O) groups excluding carboxylic acids is 1. The number of likely N-dealkylation sites (tertiary alicyclic amines) is 1. The summed E-state index contributed by atoms with van der Waals surface area (Å²) in [5, 5.41) is 6.47. The third kappa shape index (κ3) is 2.40. The Morgan fingerprint density at radius 3 is 2.91 bits per heavy atom. The molecule has 3 rings (SSSR count). The Labute approximate surface area is 131 Å². The highest BCUT2D eigenvalue weighted by molar-refractivity contribution is 5.83. The van der Waals surface area contributed by atoms with E-state index in [9.17, 15) is 4.79 Å². The van der Waals surface area contributed by atoms with Gasteiger partial charge >= 0.3 is 6.03 Å². The Bertz CT molecular complexity index is 637. The minimum atomic E-state index is -0.0815. The number of hydrogen-bond acceptors (Lipinski definition) is 3. The van der Waals surface area contributed by atoms with E-state index < -0.39 is 0 Å². The van der Waals surface area contributed by atoms with Gasteiger partial charge in [-0.1, -0.05) is 6.07 Å². The number of nitrogens with zero attached hydrogens (tertiary/aromatic N) is 1. The van der Waals surface area contributed by atoms with Crippen LogP contribution in [0.4, 0.5) is 10.5 Å². The molecule has 1 saturated heterocycles. The van der Waals surface area contributed by atoms with Gasteiger partial charge in [-0.15, -0.1) is 0 Å². The number of rotatable bonds is 2. The van der Waals surface area contributed by atoms with Crippen LogP contribution in [0.3, 0.4) is 0 Å². The minimum Gasteiger partial charge on any atom is -0.495 e. The topological polar surface area (TPSA) is 53.6 Å². The number of nitrogens with one attached hydrogen (secondary N) is 2. The van der Waals surface area contributed by atoms with Crippen LogP contribution < -0.4 is 15.4 Å². The lowest BCUT2D eigenvalue weighted by atomic mass is 9.97. The second kappa shape index (κ2) is 5.55. The van der Waals surface area contributed by atoms with Gasteiger partial charge in [-0.2, -0.15) is 0 Å². The van der Waals surface area contributed by atoms with Crippen molar-refractivity contribution >= 4 is 17.8 Å². The highest BCUT2D eigenvalue weighted by Gasteiger charge is 2.36. The summed E-state index contributed by atoms with van der Waals surface area (Å²) >= 11 is 0. The molecule has 0 bridgehead atoms. The number of aryl methyl sites for hydroxylation is 1. The lowest BCUT2D eigenvalue weighted by Gasteiger charge is -2.32. The fourth-order valence-corrected chi connectivity index (χ4v) is 3.12. The molecule has 2 aliphatic heterocycles. The maximum atomic E-state index is 12.4. The number of carbonyl (C=O) groups is 1. The van der Waals surface area contributed by atoms with Crippen molar-refractivity contribution in [3.63, 3.8) is 0 Å². The third-order valence-electron chi connectivity index (χ3n) is 4.23. The van der Waals surface area contributed by atoms with Crippen LogP contribution in [0.15, 0.2) is 17.7 Å². The van der Waals surface area contributed by atoms with E-state index >= 15 is 0 Å². The van der Waals surface area contributed by atoms with Crippen molar-refractivity contribution in [2.24, 2.45) is 0 Å². The van der Waals surface area contributed by atoms with Gasteiger partial charge in [0.1, 0.15) is 11.9 Å². The van der Waals surface area contributed by atoms with E-state index in [-0.39, 0.29) is 18.2 Å². The van der Waals surface area contributed by atoms with Gasteiger partial charge in [0.15, 0.2) is 0 Å². The highest BCUT2D eigenvalue weighted by atomic mass is 16.5. The normalized spacial score (nSPS) is 19.2. The van der Waals surface area contributed by atoms with Gasteiger partial charge in [0.25, 0.3) is 0 Å². The summed E-state index contributed by atoms with van der Waals surface area (Å²) in [6.45, 7) is 6.77. The molecule has 1 fully saturated rings. The zero-order valence-electron chi connectivity index (χ0n) is 13.6. The molecule has 1 atom stereocenters. The van der Waals surface area contributed by atoms with Gasteiger partial charge in [0, 0.05) is 18.2 Å². The summed E-state index contributed by atoms with van der Waals surface area (Å²) in [5.41, 5.74) is 4.60. The molecule has 22 heavy (non-hydrogen) atoms. The first-order valence-electron chi connectivity index (χ1n) is 7.73. The molecule has 118 valence electrons. The van der Waals surface area contributed by atoms with Crippen LogP contribution in [0.2, 0.25) is 0 Å². The molecule has 0 aliphatic carbocycles. The molecular formula is C17H23N3O2. The number of hydrogen-bond donors (Lipinski definition) is 2. The molecule has 0 aromatic heterocycles. The number of methoxy groups -OCH3 is 1. The van der Waals surface area contributed by atoms with Gasteiger partial charge in [-0.3, -0.25) is 0 Å². The Hall–Kier alpha value is -2.17. The first-order valence-corrected chi connectivity index (χ1v) is 7.73. The van der Waals surface area contributed by atoms with E-state index in [1.807, 2.05) is 24.8 Å². The van der Waals surface area contributed by atoms with Crippen molar-refractivity contribution in [2.75, 3.05) is 19.0 Å². The van der Waals surface area contributed by atoms with Crippen LogP contribution in [0.1, 0.15) is 31.4 Å². The fraction of sp³-hybridized carbons (Fsp3) is 0.471. The van der Waals surface area contributed by atoms with Crippen molar-refractivity contribution in [2.45, 2.75) is 39.4 Å². The predicted octanol–water partition coefficient (Wildman–Crippen LogP) is 2.96. The first kappa shape index (κ1) is 14.8. The zero-order valence-corrected chi connectivity index (χ0v) is 13.6. The molecular weight excluding hydrogens is 278 g/mol. The SMILES string of the molecule is COc1ccc(C)c2c1NC1C(=C2)CCN1C(=O)NC(C)C. The van der Waals surface area contributed by atoms with Crippen LogP contribution in [0, 0.1) is 6.92 Å². The number of ether oxygens (including phenoxy) is 1. The number of benzene rings is 1. The molecule has 1 unspecified atom stereocenters. The molecule has 0 saturated carbocycles. The van der Waals surface area contributed by atoms with Gasteiger partial charge < -0.3 is 20.3 Å². The lowest BCUT2D eigenvalue weighted by Crippen LogP contribution is -2.48. The number of fused-ring (bicyclic) bond motifs is 2. The molecule has 2 aliphatic rings. The van der Waals surface area contributed by atoms with Crippen LogP contribution in [-0.4, -0.2) is 36.8 Å². The summed E-state index contributed by atoms with van der Waals surface area (Å²) in [6.07, 6.45) is 3.03. The average molecular weight is 301 g/mol. The summed E-state index contributed by atoms with van der Waals surface area (Å²) in [4.78, 5) is 14.2. The largest absolute Gasteiger partial charge is 0.495 e. The lowest BCUT2D eigenvalue weighted by molar-refractivity contribution is 0.197. The molecule has 1 aromatic rings. The first-order chi connectivity index (χ1) is 10.5. The molecule has 2 heterocycles. The standard InChI is InChI=1S/C17H23N3O2/c1-10(2)18-17(21)20-8-7-12-9-13-11(3)5-6-14(22-4)15(13)19-16(12)20/h5-6,9-10,16,19H,7-8H2,1-4H3,(H,18,21). The van der Waals surface area contributed by atoms with Crippen molar-refractivity contribution < 1.29 is 9.53 Å². The second-order valence-corrected chi connectivity index (χ2v) is 6.19. The van der Waals surface area contributed by atoms with Crippen molar-refractivity contribution in [1.29, 1.82) is 0 Å². The van der Waals surface area contributed by atoms with E-state index in [1.165, 1.54) is 11.1 Å². The molecule has 2 N–H and O–H groups in total. The summed E-state index contributed by atoms with van der Waals surface area (Å²) in [5.74, 6) is 0.812. The number of amides is 2. The van der Waals surface area contributed by atoms with E-state index in [0.29, 0.717) is 0 Å². The van der Waals surface area contributed by atoms with E-state index in [4.69, 9.17) is 4.74 Å². The van der Waals surface area contributed by atoms with E-state index in [1.54, 1.807) is 7.11 Å². The Morgan fingerprint density at radius 1 is 1.45 bits per heavy atom. The van der Waals surface area contributed by atoms with Crippen LogP contribution in [-0.2, 0) is 0 Å². The Balaban J connectivity index is 1.93. The van der Waals surface area contributed by atoms with Gasteiger partial charge in [-0.05, 0) is 50.5 Å². The molecule has 5 heteroatoms. The highest BCUT2D eigenvalue weighted by Crippen LogP contribution is 2.40.